The maximum Gasteiger partial charge on any atom is 0.391 e. The maximum atomic E-state index is 12.1. The molecule has 18 heavy (non-hydrogen) atoms. The Morgan fingerprint density at radius 3 is 2.39 bits per heavy atom. The van der Waals surface area contributed by atoms with E-state index >= 15 is 0 Å². The van der Waals surface area contributed by atoms with Crippen molar-refractivity contribution in [2.24, 2.45) is 0 Å². The Morgan fingerprint density at radius 1 is 1.33 bits per heavy atom. The first kappa shape index (κ1) is 14.3. The minimum atomic E-state index is -4.27. The Bertz CT molecular complexity index is 401. The van der Waals surface area contributed by atoms with Crippen LogP contribution in [0.1, 0.15) is 18.9 Å². The summed E-state index contributed by atoms with van der Waals surface area (Å²) in [5, 5.41) is 2.31. The van der Waals surface area contributed by atoms with Crippen LogP contribution < -0.4 is 11.1 Å². The monoisotopic (exact) mass is 260 g/mol. The van der Waals surface area contributed by atoms with E-state index in [0.717, 1.165) is 0 Å². The molecule has 0 spiro atoms. The van der Waals surface area contributed by atoms with Gasteiger partial charge in [-0.05, 0) is 24.6 Å². The number of alkyl halides is 3. The van der Waals surface area contributed by atoms with Crippen molar-refractivity contribution in [3.8, 4) is 0 Å². The summed E-state index contributed by atoms with van der Waals surface area (Å²) in [6.07, 6.45) is -5.25. The SMILES string of the molecule is CC(CC(F)(F)F)NC(=O)Cc1ccc(N)cc1. The van der Waals surface area contributed by atoms with E-state index in [0.29, 0.717) is 11.3 Å². The largest absolute Gasteiger partial charge is 0.399 e. The fourth-order valence-corrected chi connectivity index (χ4v) is 1.54. The highest BCUT2D eigenvalue weighted by atomic mass is 19.4. The van der Waals surface area contributed by atoms with E-state index in [1.807, 2.05) is 0 Å². The first-order chi connectivity index (χ1) is 8.26. The molecule has 3 nitrogen and oxygen atoms in total. The maximum absolute atomic E-state index is 12.1. The Kier molecular flexibility index (Phi) is 4.58. The van der Waals surface area contributed by atoms with Crippen molar-refractivity contribution >= 4 is 11.6 Å². The van der Waals surface area contributed by atoms with E-state index < -0.39 is 24.5 Å². The third kappa shape index (κ3) is 5.56. The molecule has 1 amide bonds. The highest BCUT2D eigenvalue weighted by Crippen LogP contribution is 2.21. The van der Waals surface area contributed by atoms with Crippen LogP contribution in [0.5, 0.6) is 0 Å². The van der Waals surface area contributed by atoms with Gasteiger partial charge in [0.25, 0.3) is 0 Å². The van der Waals surface area contributed by atoms with E-state index in [1.165, 1.54) is 6.92 Å². The van der Waals surface area contributed by atoms with Crippen molar-refractivity contribution in [3.63, 3.8) is 0 Å². The van der Waals surface area contributed by atoms with Crippen molar-refractivity contribution in [1.82, 2.24) is 5.32 Å². The number of hydrogen-bond acceptors (Lipinski definition) is 2. The smallest absolute Gasteiger partial charge is 0.391 e. The summed E-state index contributed by atoms with van der Waals surface area (Å²) in [5.41, 5.74) is 6.76. The van der Waals surface area contributed by atoms with Gasteiger partial charge >= 0.3 is 6.18 Å². The molecular weight excluding hydrogens is 245 g/mol. The van der Waals surface area contributed by atoms with Crippen molar-refractivity contribution in [3.05, 3.63) is 29.8 Å². The van der Waals surface area contributed by atoms with Gasteiger partial charge in [0.2, 0.25) is 5.91 Å². The summed E-state index contributed by atoms with van der Waals surface area (Å²) in [6.45, 7) is 1.33. The predicted molar refractivity (Wildman–Crippen MR) is 62.8 cm³/mol. The number of rotatable bonds is 4. The first-order valence-electron chi connectivity index (χ1n) is 5.47. The van der Waals surface area contributed by atoms with Gasteiger partial charge in [0, 0.05) is 11.7 Å². The predicted octanol–water partition coefficient (Wildman–Crippen LogP) is 2.27. The van der Waals surface area contributed by atoms with Gasteiger partial charge in [-0.25, -0.2) is 0 Å². The van der Waals surface area contributed by atoms with Crippen LogP contribution in [-0.2, 0) is 11.2 Å². The van der Waals surface area contributed by atoms with Gasteiger partial charge in [-0.1, -0.05) is 12.1 Å². The molecule has 0 saturated heterocycles. The van der Waals surface area contributed by atoms with Gasteiger partial charge < -0.3 is 11.1 Å². The summed E-state index contributed by atoms with van der Waals surface area (Å²) in [4.78, 5) is 11.5. The second-order valence-electron chi connectivity index (χ2n) is 4.21. The van der Waals surface area contributed by atoms with Crippen LogP contribution >= 0.6 is 0 Å². The minimum absolute atomic E-state index is 0.0441. The molecule has 0 radical (unpaired) electrons. The zero-order valence-electron chi connectivity index (χ0n) is 9.92. The third-order valence-electron chi connectivity index (χ3n) is 2.29. The zero-order chi connectivity index (χ0) is 13.8. The van der Waals surface area contributed by atoms with Gasteiger partial charge in [0.05, 0.1) is 12.8 Å². The van der Waals surface area contributed by atoms with Crippen molar-refractivity contribution < 1.29 is 18.0 Å². The second kappa shape index (κ2) is 5.75. The minimum Gasteiger partial charge on any atom is -0.399 e. The number of anilines is 1. The molecule has 0 saturated carbocycles. The summed E-state index contributed by atoms with van der Waals surface area (Å²) in [7, 11) is 0. The molecular formula is C12H15F3N2O. The number of amides is 1. The van der Waals surface area contributed by atoms with Gasteiger partial charge in [0.1, 0.15) is 0 Å². The van der Waals surface area contributed by atoms with E-state index in [1.54, 1.807) is 24.3 Å². The molecule has 1 rings (SSSR count). The second-order valence-corrected chi connectivity index (χ2v) is 4.21. The molecule has 1 aromatic carbocycles. The summed E-state index contributed by atoms with van der Waals surface area (Å²) in [5.74, 6) is -0.434. The molecule has 100 valence electrons. The Hall–Kier alpha value is -1.72. The van der Waals surface area contributed by atoms with Gasteiger partial charge in [-0.15, -0.1) is 0 Å². The van der Waals surface area contributed by atoms with Crippen LogP contribution in [0.25, 0.3) is 0 Å². The van der Waals surface area contributed by atoms with E-state index in [2.05, 4.69) is 5.32 Å². The Morgan fingerprint density at radius 2 is 1.89 bits per heavy atom. The van der Waals surface area contributed by atoms with Crippen molar-refractivity contribution in [2.75, 3.05) is 5.73 Å². The number of nitrogens with two attached hydrogens (primary N) is 1. The molecule has 0 aliphatic rings. The highest BCUT2D eigenvalue weighted by molar-refractivity contribution is 5.78. The van der Waals surface area contributed by atoms with Crippen LogP contribution in [-0.4, -0.2) is 18.1 Å². The fraction of sp³-hybridized carbons (Fsp3) is 0.417. The van der Waals surface area contributed by atoms with Gasteiger partial charge in [-0.3, -0.25) is 4.79 Å². The van der Waals surface area contributed by atoms with Crippen LogP contribution in [0.3, 0.4) is 0 Å². The van der Waals surface area contributed by atoms with Crippen LogP contribution in [0.2, 0.25) is 0 Å². The average molecular weight is 260 g/mol. The molecule has 0 aliphatic carbocycles. The van der Waals surface area contributed by atoms with E-state index in [-0.39, 0.29) is 6.42 Å². The molecule has 0 bridgehead atoms. The van der Waals surface area contributed by atoms with E-state index in [4.69, 9.17) is 5.73 Å². The normalized spacial score (nSPS) is 13.1. The molecule has 0 heterocycles. The summed E-state index contributed by atoms with van der Waals surface area (Å²) >= 11 is 0. The van der Waals surface area contributed by atoms with Crippen molar-refractivity contribution in [1.29, 1.82) is 0 Å². The number of carbonyl (C=O) groups excluding carboxylic acids is 1. The molecule has 1 atom stereocenters. The summed E-state index contributed by atoms with van der Waals surface area (Å²) < 4.78 is 36.2. The number of nitrogens with one attached hydrogen (secondary N) is 1. The standard InChI is InChI=1S/C12H15F3N2O/c1-8(7-12(13,14)15)17-11(18)6-9-2-4-10(16)5-3-9/h2-5,8H,6-7,16H2,1H3,(H,17,18). The number of carbonyl (C=O) groups is 1. The van der Waals surface area contributed by atoms with Gasteiger partial charge in [0.15, 0.2) is 0 Å². The fourth-order valence-electron chi connectivity index (χ4n) is 1.54. The van der Waals surface area contributed by atoms with Crippen LogP contribution in [0.15, 0.2) is 24.3 Å². The number of benzene rings is 1. The lowest BCUT2D eigenvalue weighted by atomic mass is 10.1. The molecule has 0 aliphatic heterocycles. The quantitative estimate of drug-likeness (QED) is 0.816. The Labute approximate surface area is 103 Å². The van der Waals surface area contributed by atoms with Crippen molar-refractivity contribution in [2.45, 2.75) is 32.0 Å². The highest BCUT2D eigenvalue weighted by Gasteiger charge is 2.30. The molecule has 1 unspecified atom stereocenters. The third-order valence-corrected chi connectivity index (χ3v) is 2.29. The first-order valence-corrected chi connectivity index (χ1v) is 5.47. The molecule has 1 aromatic rings. The van der Waals surface area contributed by atoms with E-state index in [9.17, 15) is 18.0 Å². The lowest BCUT2D eigenvalue weighted by molar-refractivity contribution is -0.141. The molecule has 6 heteroatoms. The lowest BCUT2D eigenvalue weighted by Crippen LogP contribution is -2.36. The topological polar surface area (TPSA) is 55.1 Å². The number of nitrogen functional groups attached to an aromatic ring is 1. The summed E-state index contributed by atoms with van der Waals surface area (Å²) in [6, 6.07) is 5.70. The van der Waals surface area contributed by atoms with Crippen LogP contribution in [0.4, 0.5) is 18.9 Å². The molecule has 0 aromatic heterocycles. The molecule has 3 N–H and O–H groups in total. The van der Waals surface area contributed by atoms with Gasteiger partial charge in [-0.2, -0.15) is 13.2 Å². The average Bonchev–Trinajstić information content (AvgIpc) is 2.18. The number of hydrogen-bond donors (Lipinski definition) is 2. The Balaban J connectivity index is 2.44. The molecule has 0 fully saturated rings. The number of halogens is 3. The zero-order valence-corrected chi connectivity index (χ0v) is 9.92. The van der Waals surface area contributed by atoms with Crippen LogP contribution in [0, 0.1) is 0 Å². The lowest BCUT2D eigenvalue weighted by Gasteiger charge is -2.15.